The molecule has 1 aliphatic heterocycles. The van der Waals surface area contributed by atoms with Gasteiger partial charge in [-0.3, -0.25) is 14.6 Å². The lowest BCUT2D eigenvalue weighted by molar-refractivity contribution is -0.118. The first-order chi connectivity index (χ1) is 15.7. The van der Waals surface area contributed by atoms with E-state index in [4.69, 9.17) is 14.5 Å². The number of carbonyl (C=O) groups is 1. The van der Waals surface area contributed by atoms with Gasteiger partial charge in [0.2, 0.25) is 5.91 Å². The molecule has 33 heavy (non-hydrogen) atoms. The quantitative estimate of drug-likeness (QED) is 0.361. The van der Waals surface area contributed by atoms with Crippen LogP contribution < -0.4 is 9.64 Å². The van der Waals surface area contributed by atoms with Crippen molar-refractivity contribution < 1.29 is 14.3 Å². The number of halogens is 1. The van der Waals surface area contributed by atoms with Crippen molar-refractivity contribution in [3.63, 3.8) is 0 Å². The van der Waals surface area contributed by atoms with Gasteiger partial charge in [-0.1, -0.05) is 23.5 Å². The van der Waals surface area contributed by atoms with Crippen LogP contribution in [0.5, 0.6) is 5.75 Å². The maximum absolute atomic E-state index is 13.2. The van der Waals surface area contributed by atoms with Gasteiger partial charge < -0.3 is 9.47 Å². The number of benzene rings is 2. The van der Waals surface area contributed by atoms with Gasteiger partial charge in [0.05, 0.1) is 30.5 Å². The first kappa shape index (κ1) is 25.8. The highest BCUT2D eigenvalue weighted by atomic mass is 35.5. The molecule has 1 saturated heterocycles. The van der Waals surface area contributed by atoms with E-state index in [9.17, 15) is 4.79 Å². The van der Waals surface area contributed by atoms with Crippen molar-refractivity contribution in [2.45, 2.75) is 17.7 Å². The third kappa shape index (κ3) is 7.32. The summed E-state index contributed by atoms with van der Waals surface area (Å²) in [6.07, 6.45) is 1.40. The summed E-state index contributed by atoms with van der Waals surface area (Å²) < 4.78 is 11.8. The fourth-order valence-corrected chi connectivity index (χ4v) is 5.49. The van der Waals surface area contributed by atoms with E-state index in [0.29, 0.717) is 13.0 Å². The lowest BCUT2D eigenvalue weighted by Crippen LogP contribution is -2.39. The second kappa shape index (κ2) is 13.2. The number of rotatable bonds is 10. The molecule has 9 heteroatoms. The number of morpholine rings is 1. The van der Waals surface area contributed by atoms with Gasteiger partial charge in [-0.2, -0.15) is 0 Å². The Bertz CT molecular complexity index is 977. The first-order valence-corrected chi connectivity index (χ1v) is 12.8. The molecule has 0 radical (unpaired) electrons. The van der Waals surface area contributed by atoms with Crippen molar-refractivity contribution in [2.24, 2.45) is 0 Å². The van der Waals surface area contributed by atoms with E-state index in [1.807, 2.05) is 47.4 Å². The zero-order valence-electron chi connectivity index (χ0n) is 18.8. The van der Waals surface area contributed by atoms with Crippen LogP contribution >= 0.6 is 35.5 Å². The first-order valence-electron chi connectivity index (χ1n) is 11.0. The number of fused-ring (bicyclic) bond motifs is 1. The molecule has 178 valence electrons. The normalized spacial score (nSPS) is 14.1. The number of anilines is 1. The molecule has 1 aromatic heterocycles. The van der Waals surface area contributed by atoms with Gasteiger partial charge >= 0.3 is 0 Å². The van der Waals surface area contributed by atoms with E-state index in [0.717, 1.165) is 71.0 Å². The molecule has 3 aromatic rings. The lowest BCUT2D eigenvalue weighted by atomic mass is 10.3. The second-order valence-corrected chi connectivity index (χ2v) is 9.77. The van der Waals surface area contributed by atoms with Gasteiger partial charge in [-0.05, 0) is 42.8 Å². The minimum atomic E-state index is 0. The summed E-state index contributed by atoms with van der Waals surface area (Å²) in [4.78, 5) is 23.4. The zero-order chi connectivity index (χ0) is 22.2. The van der Waals surface area contributed by atoms with Crippen LogP contribution in [0.2, 0.25) is 0 Å². The average molecular weight is 508 g/mol. The number of amides is 1. The van der Waals surface area contributed by atoms with Gasteiger partial charge in [-0.15, -0.1) is 24.2 Å². The Balaban J connectivity index is 0.00000306. The molecular weight excluding hydrogens is 478 g/mol. The van der Waals surface area contributed by atoms with Crippen LogP contribution in [0.3, 0.4) is 0 Å². The fourth-order valence-electron chi connectivity index (χ4n) is 3.64. The highest BCUT2D eigenvalue weighted by Gasteiger charge is 2.20. The van der Waals surface area contributed by atoms with Crippen LogP contribution in [-0.2, 0) is 9.53 Å². The number of para-hydroxylation sites is 1. The summed E-state index contributed by atoms with van der Waals surface area (Å²) in [5.41, 5.74) is 0.950. The number of aromatic nitrogens is 1. The smallest absolute Gasteiger partial charge is 0.229 e. The van der Waals surface area contributed by atoms with Gasteiger partial charge in [0.15, 0.2) is 5.13 Å². The van der Waals surface area contributed by atoms with Crippen LogP contribution in [0.15, 0.2) is 53.4 Å². The van der Waals surface area contributed by atoms with Gasteiger partial charge in [0.1, 0.15) is 5.75 Å². The molecule has 2 aromatic carbocycles. The molecule has 1 fully saturated rings. The molecule has 4 rings (SSSR count). The zero-order valence-corrected chi connectivity index (χ0v) is 21.2. The van der Waals surface area contributed by atoms with Gasteiger partial charge in [0.25, 0.3) is 0 Å². The summed E-state index contributed by atoms with van der Waals surface area (Å²) in [6.45, 7) is 5.18. The molecule has 0 spiro atoms. The Morgan fingerprint density at radius 1 is 1.18 bits per heavy atom. The van der Waals surface area contributed by atoms with Crippen molar-refractivity contribution in [1.29, 1.82) is 0 Å². The number of hydrogen-bond acceptors (Lipinski definition) is 7. The molecular formula is C24H30ClN3O3S2. The maximum Gasteiger partial charge on any atom is 0.229 e. The van der Waals surface area contributed by atoms with Crippen molar-refractivity contribution in [1.82, 2.24) is 9.88 Å². The van der Waals surface area contributed by atoms with E-state index in [-0.39, 0.29) is 18.3 Å². The van der Waals surface area contributed by atoms with Crippen molar-refractivity contribution in [2.75, 3.05) is 57.2 Å². The molecule has 0 atom stereocenters. The number of ether oxygens (including phenoxy) is 2. The summed E-state index contributed by atoms with van der Waals surface area (Å²) in [6, 6.07) is 16.0. The van der Waals surface area contributed by atoms with Crippen molar-refractivity contribution in [3.8, 4) is 5.75 Å². The van der Waals surface area contributed by atoms with Crippen LogP contribution in [0, 0.1) is 0 Å². The summed E-state index contributed by atoms with van der Waals surface area (Å²) >= 11 is 3.28. The molecule has 0 aliphatic carbocycles. The highest BCUT2D eigenvalue weighted by Crippen LogP contribution is 2.30. The van der Waals surface area contributed by atoms with Crippen LogP contribution in [0.1, 0.15) is 12.8 Å². The molecule has 1 aliphatic rings. The number of carbonyl (C=O) groups excluding carboxylic acids is 1. The largest absolute Gasteiger partial charge is 0.497 e. The van der Waals surface area contributed by atoms with Crippen molar-refractivity contribution >= 4 is 56.8 Å². The number of thiazole rings is 1. The minimum Gasteiger partial charge on any atom is -0.497 e. The van der Waals surface area contributed by atoms with Crippen LogP contribution in [-0.4, -0.2) is 68.0 Å². The second-order valence-electron chi connectivity index (χ2n) is 7.59. The van der Waals surface area contributed by atoms with E-state index in [1.165, 1.54) is 0 Å². The predicted octanol–water partition coefficient (Wildman–Crippen LogP) is 4.96. The molecule has 0 saturated carbocycles. The monoisotopic (exact) mass is 507 g/mol. The molecule has 1 amide bonds. The van der Waals surface area contributed by atoms with Gasteiger partial charge in [-0.25, -0.2) is 4.98 Å². The number of thioether (sulfide) groups is 1. The predicted molar refractivity (Wildman–Crippen MR) is 139 cm³/mol. The Labute approximate surface area is 209 Å². The summed E-state index contributed by atoms with van der Waals surface area (Å²) in [5, 5.41) is 0.799. The topological polar surface area (TPSA) is 54.9 Å². The third-order valence-electron chi connectivity index (χ3n) is 5.42. The van der Waals surface area contributed by atoms with E-state index in [1.54, 1.807) is 30.2 Å². The average Bonchev–Trinajstić information content (AvgIpc) is 3.26. The Morgan fingerprint density at radius 3 is 2.67 bits per heavy atom. The standard InChI is InChI=1S/C24H29N3O3S2.ClH/c1-29-19-7-9-20(10-8-19)31-18-11-23(28)27(13-4-12-26-14-16-30-17-15-26)24-25-21-5-2-3-6-22(21)32-24;/h2-3,5-10H,4,11-18H2,1H3;1H. The van der Waals surface area contributed by atoms with Crippen LogP contribution in [0.4, 0.5) is 5.13 Å². The minimum absolute atomic E-state index is 0. The molecule has 0 bridgehead atoms. The molecule has 2 heterocycles. The summed E-state index contributed by atoms with van der Waals surface area (Å²) in [7, 11) is 1.66. The van der Waals surface area contributed by atoms with Gasteiger partial charge in [0, 0.05) is 43.2 Å². The SMILES string of the molecule is COc1ccc(SCCC(=O)N(CCCN2CCOCC2)c2nc3ccccc3s2)cc1.Cl. The fraction of sp³-hybridized carbons (Fsp3) is 0.417. The maximum atomic E-state index is 13.2. The summed E-state index contributed by atoms with van der Waals surface area (Å²) in [5.74, 6) is 1.70. The van der Waals surface area contributed by atoms with E-state index < -0.39 is 0 Å². The Morgan fingerprint density at radius 2 is 1.94 bits per heavy atom. The molecule has 0 N–H and O–H groups in total. The number of nitrogens with zero attached hydrogens (tertiary/aromatic N) is 3. The van der Waals surface area contributed by atoms with E-state index >= 15 is 0 Å². The molecule has 0 unspecified atom stereocenters. The third-order valence-corrected chi connectivity index (χ3v) is 7.49. The Kier molecular flexibility index (Phi) is 10.3. The lowest BCUT2D eigenvalue weighted by Gasteiger charge is -2.27. The molecule has 6 nitrogen and oxygen atoms in total. The number of methoxy groups -OCH3 is 1. The Hall–Kier alpha value is -1.84. The van der Waals surface area contributed by atoms with Crippen LogP contribution in [0.25, 0.3) is 10.2 Å². The van der Waals surface area contributed by atoms with Crippen molar-refractivity contribution in [3.05, 3.63) is 48.5 Å². The highest BCUT2D eigenvalue weighted by molar-refractivity contribution is 7.99. The number of hydrogen-bond donors (Lipinski definition) is 0. The van der Waals surface area contributed by atoms with E-state index in [2.05, 4.69) is 11.0 Å².